The Morgan fingerprint density at radius 2 is 1.45 bits per heavy atom. The van der Waals surface area contributed by atoms with Crippen LogP contribution < -0.4 is 10.1 Å². The van der Waals surface area contributed by atoms with Gasteiger partial charge in [0.25, 0.3) is 5.91 Å². The van der Waals surface area contributed by atoms with Gasteiger partial charge in [0.1, 0.15) is 5.75 Å². The van der Waals surface area contributed by atoms with Crippen molar-refractivity contribution in [2.45, 2.75) is 20.0 Å². The molecule has 31 heavy (non-hydrogen) atoms. The molecule has 158 valence electrons. The molecule has 6 nitrogen and oxygen atoms in total. The quantitative estimate of drug-likeness (QED) is 0.431. The van der Waals surface area contributed by atoms with E-state index >= 15 is 0 Å². The Balaban J connectivity index is 1.73. The van der Waals surface area contributed by atoms with Gasteiger partial charge in [0.2, 0.25) is 0 Å². The lowest BCUT2D eigenvalue weighted by molar-refractivity contribution is -0.123. The third-order valence-electron chi connectivity index (χ3n) is 4.53. The molecule has 0 unspecified atom stereocenters. The van der Waals surface area contributed by atoms with Crippen LogP contribution in [0.5, 0.6) is 5.75 Å². The summed E-state index contributed by atoms with van der Waals surface area (Å²) >= 11 is 0. The molecule has 0 aliphatic rings. The van der Waals surface area contributed by atoms with Crippen LogP contribution >= 0.6 is 0 Å². The maximum Gasteiger partial charge on any atom is 0.339 e. The van der Waals surface area contributed by atoms with E-state index in [1.807, 2.05) is 6.92 Å². The standard InChI is InChI=1S/C25H23NO5/c1-3-30-22-16-10-9-15-21(22)26-24(28)17(2)31-25(29)20-14-8-7-13-19(20)23(27)18-11-5-4-6-12-18/h4-17H,3H2,1-2H3,(H,26,28)/t17-/m1/s1. The molecular formula is C25H23NO5. The Labute approximate surface area is 180 Å². The number of amides is 1. The number of carbonyl (C=O) groups is 3. The van der Waals surface area contributed by atoms with E-state index in [2.05, 4.69) is 5.32 Å². The minimum absolute atomic E-state index is 0.103. The lowest BCUT2D eigenvalue weighted by Gasteiger charge is -2.16. The molecule has 1 N–H and O–H groups in total. The van der Waals surface area contributed by atoms with Crippen LogP contribution in [0.2, 0.25) is 0 Å². The molecule has 0 saturated carbocycles. The summed E-state index contributed by atoms with van der Waals surface area (Å²) in [5, 5.41) is 2.71. The van der Waals surface area contributed by atoms with E-state index in [-0.39, 0.29) is 16.9 Å². The number of benzene rings is 3. The number of rotatable bonds is 8. The smallest absolute Gasteiger partial charge is 0.339 e. The summed E-state index contributed by atoms with van der Waals surface area (Å²) in [7, 11) is 0. The van der Waals surface area contributed by atoms with Crippen molar-refractivity contribution in [2.24, 2.45) is 0 Å². The maximum absolute atomic E-state index is 12.8. The second-order valence-corrected chi connectivity index (χ2v) is 6.71. The molecule has 0 saturated heterocycles. The third kappa shape index (κ3) is 5.36. The summed E-state index contributed by atoms with van der Waals surface area (Å²) in [5.41, 5.74) is 1.26. The molecule has 0 heterocycles. The van der Waals surface area contributed by atoms with Crippen molar-refractivity contribution in [2.75, 3.05) is 11.9 Å². The van der Waals surface area contributed by atoms with E-state index in [1.54, 1.807) is 72.8 Å². The second-order valence-electron chi connectivity index (χ2n) is 6.71. The maximum atomic E-state index is 12.8. The Morgan fingerprint density at radius 3 is 2.16 bits per heavy atom. The Kier molecular flexibility index (Phi) is 7.17. The number of carbonyl (C=O) groups excluding carboxylic acids is 3. The zero-order valence-electron chi connectivity index (χ0n) is 17.3. The van der Waals surface area contributed by atoms with Gasteiger partial charge in [-0.15, -0.1) is 0 Å². The van der Waals surface area contributed by atoms with Crippen molar-refractivity contribution in [1.82, 2.24) is 0 Å². The van der Waals surface area contributed by atoms with Crippen molar-refractivity contribution in [3.05, 3.63) is 95.6 Å². The number of ether oxygens (including phenoxy) is 2. The normalized spacial score (nSPS) is 11.3. The molecule has 0 aliphatic heterocycles. The lowest BCUT2D eigenvalue weighted by atomic mass is 9.98. The van der Waals surface area contributed by atoms with Gasteiger partial charge in [0.15, 0.2) is 11.9 Å². The van der Waals surface area contributed by atoms with Crippen LogP contribution in [0.4, 0.5) is 5.69 Å². The highest BCUT2D eigenvalue weighted by Crippen LogP contribution is 2.24. The fourth-order valence-electron chi connectivity index (χ4n) is 2.97. The largest absolute Gasteiger partial charge is 0.492 e. The number of ketones is 1. The average Bonchev–Trinajstić information content (AvgIpc) is 2.80. The Morgan fingerprint density at radius 1 is 0.839 bits per heavy atom. The Bertz CT molecular complexity index is 1080. The van der Waals surface area contributed by atoms with Crippen LogP contribution in [0.3, 0.4) is 0 Å². The first kappa shape index (κ1) is 21.8. The fourth-order valence-corrected chi connectivity index (χ4v) is 2.97. The SMILES string of the molecule is CCOc1ccccc1NC(=O)[C@@H](C)OC(=O)c1ccccc1C(=O)c1ccccc1. The molecule has 3 aromatic rings. The summed E-state index contributed by atoms with van der Waals surface area (Å²) in [4.78, 5) is 38.2. The van der Waals surface area contributed by atoms with Crippen LogP contribution in [0, 0.1) is 0 Å². The van der Waals surface area contributed by atoms with E-state index < -0.39 is 18.0 Å². The van der Waals surface area contributed by atoms with Gasteiger partial charge in [-0.1, -0.05) is 60.7 Å². The average molecular weight is 417 g/mol. The Hall–Kier alpha value is -3.93. The monoisotopic (exact) mass is 417 g/mol. The topological polar surface area (TPSA) is 81.7 Å². The summed E-state index contributed by atoms with van der Waals surface area (Å²) in [6.07, 6.45) is -1.08. The van der Waals surface area contributed by atoms with Gasteiger partial charge >= 0.3 is 5.97 Å². The summed E-state index contributed by atoms with van der Waals surface area (Å²) in [5.74, 6) is -1.03. The van der Waals surface area contributed by atoms with Gasteiger partial charge in [-0.05, 0) is 32.0 Å². The van der Waals surface area contributed by atoms with Gasteiger partial charge in [0, 0.05) is 11.1 Å². The summed E-state index contributed by atoms with van der Waals surface area (Å²) in [6, 6.07) is 22.0. The number of anilines is 1. The second kappa shape index (κ2) is 10.2. The van der Waals surface area contributed by atoms with E-state index in [0.29, 0.717) is 23.6 Å². The third-order valence-corrected chi connectivity index (χ3v) is 4.53. The zero-order chi connectivity index (χ0) is 22.2. The highest BCUT2D eigenvalue weighted by molar-refractivity contribution is 6.14. The van der Waals surface area contributed by atoms with Crippen LogP contribution in [0.15, 0.2) is 78.9 Å². The molecule has 3 rings (SSSR count). The first-order valence-electron chi connectivity index (χ1n) is 9.93. The van der Waals surface area contributed by atoms with E-state index in [4.69, 9.17) is 9.47 Å². The molecule has 6 heteroatoms. The highest BCUT2D eigenvalue weighted by Gasteiger charge is 2.24. The number of hydrogen-bond acceptors (Lipinski definition) is 5. The molecule has 0 spiro atoms. The number of hydrogen-bond donors (Lipinski definition) is 1. The van der Waals surface area contributed by atoms with Gasteiger partial charge in [-0.25, -0.2) is 4.79 Å². The van der Waals surface area contributed by atoms with Crippen molar-refractivity contribution in [1.29, 1.82) is 0 Å². The van der Waals surface area contributed by atoms with Gasteiger partial charge in [-0.3, -0.25) is 9.59 Å². The van der Waals surface area contributed by atoms with Crippen molar-refractivity contribution < 1.29 is 23.9 Å². The number of esters is 1. The van der Waals surface area contributed by atoms with Crippen LogP contribution in [0.25, 0.3) is 0 Å². The molecule has 1 atom stereocenters. The van der Waals surface area contributed by atoms with E-state index in [0.717, 1.165) is 0 Å². The molecule has 0 aromatic heterocycles. The first-order valence-corrected chi connectivity index (χ1v) is 9.93. The van der Waals surface area contributed by atoms with Crippen LogP contribution in [-0.4, -0.2) is 30.4 Å². The fraction of sp³-hybridized carbons (Fsp3) is 0.160. The predicted octanol–water partition coefficient (Wildman–Crippen LogP) is 4.50. The minimum Gasteiger partial charge on any atom is -0.492 e. The van der Waals surface area contributed by atoms with Gasteiger partial charge < -0.3 is 14.8 Å². The molecule has 3 aromatic carbocycles. The molecule has 0 fully saturated rings. The number of nitrogens with one attached hydrogen (secondary N) is 1. The van der Waals surface area contributed by atoms with Gasteiger partial charge in [0.05, 0.1) is 17.9 Å². The van der Waals surface area contributed by atoms with Crippen LogP contribution in [-0.2, 0) is 9.53 Å². The lowest BCUT2D eigenvalue weighted by Crippen LogP contribution is -2.30. The zero-order valence-corrected chi connectivity index (χ0v) is 17.3. The van der Waals surface area contributed by atoms with Crippen LogP contribution in [0.1, 0.15) is 40.1 Å². The molecule has 0 radical (unpaired) electrons. The molecule has 0 aliphatic carbocycles. The summed E-state index contributed by atoms with van der Waals surface area (Å²) in [6.45, 7) is 3.76. The number of para-hydroxylation sites is 2. The molecule has 0 bridgehead atoms. The minimum atomic E-state index is -1.08. The highest BCUT2D eigenvalue weighted by atomic mass is 16.5. The first-order chi connectivity index (χ1) is 15.0. The molecule has 1 amide bonds. The van der Waals surface area contributed by atoms with Crippen molar-refractivity contribution >= 4 is 23.3 Å². The molecular weight excluding hydrogens is 394 g/mol. The van der Waals surface area contributed by atoms with E-state index in [9.17, 15) is 14.4 Å². The van der Waals surface area contributed by atoms with E-state index in [1.165, 1.54) is 13.0 Å². The van der Waals surface area contributed by atoms with Crippen molar-refractivity contribution in [3.8, 4) is 5.75 Å². The summed E-state index contributed by atoms with van der Waals surface area (Å²) < 4.78 is 10.8. The van der Waals surface area contributed by atoms with Gasteiger partial charge in [-0.2, -0.15) is 0 Å². The van der Waals surface area contributed by atoms with Crippen molar-refractivity contribution in [3.63, 3.8) is 0 Å². The predicted molar refractivity (Wildman–Crippen MR) is 117 cm³/mol.